The van der Waals surface area contributed by atoms with E-state index >= 15 is 0 Å². The Balaban J connectivity index is 2.16. The minimum atomic E-state index is 0.769. The first-order valence-corrected chi connectivity index (χ1v) is 6.69. The Morgan fingerprint density at radius 1 is 1.18 bits per heavy atom. The second-order valence-electron chi connectivity index (χ2n) is 3.94. The van der Waals surface area contributed by atoms with E-state index in [-0.39, 0.29) is 0 Å². The van der Waals surface area contributed by atoms with Crippen molar-refractivity contribution in [3.8, 4) is 0 Å². The third-order valence-corrected chi connectivity index (χ3v) is 3.52. The van der Waals surface area contributed by atoms with Gasteiger partial charge in [0.15, 0.2) is 0 Å². The molecule has 0 amide bonds. The van der Waals surface area contributed by atoms with Gasteiger partial charge in [-0.3, -0.25) is 0 Å². The third-order valence-electron chi connectivity index (χ3n) is 2.66. The summed E-state index contributed by atoms with van der Waals surface area (Å²) in [5.41, 5.74) is 2.66. The summed E-state index contributed by atoms with van der Waals surface area (Å²) in [6.07, 6.45) is 0. The Hall–Kier alpha value is -0.420. The standard InChI is InChI=1S/C13H21BrN2O/c1-11-12(4-3-5-13(11)14)10-16-7-6-15-8-9-17-2/h3-5,15-16H,6-10H2,1-2H3. The second-order valence-corrected chi connectivity index (χ2v) is 4.80. The molecule has 4 heteroatoms. The van der Waals surface area contributed by atoms with Gasteiger partial charge in [-0.05, 0) is 24.1 Å². The highest BCUT2D eigenvalue weighted by atomic mass is 79.9. The monoisotopic (exact) mass is 300 g/mol. The summed E-state index contributed by atoms with van der Waals surface area (Å²) in [6.45, 7) is 6.67. The number of hydrogen-bond acceptors (Lipinski definition) is 3. The molecule has 0 aliphatic carbocycles. The van der Waals surface area contributed by atoms with Gasteiger partial charge in [0.1, 0.15) is 0 Å². The molecule has 0 aliphatic heterocycles. The fourth-order valence-electron chi connectivity index (χ4n) is 1.54. The summed E-state index contributed by atoms with van der Waals surface area (Å²) in [4.78, 5) is 0. The van der Waals surface area contributed by atoms with E-state index in [1.165, 1.54) is 15.6 Å². The van der Waals surface area contributed by atoms with Crippen LogP contribution < -0.4 is 10.6 Å². The summed E-state index contributed by atoms with van der Waals surface area (Å²) in [5, 5.41) is 6.72. The van der Waals surface area contributed by atoms with Gasteiger partial charge in [-0.15, -0.1) is 0 Å². The summed E-state index contributed by atoms with van der Waals surface area (Å²) in [6, 6.07) is 6.31. The van der Waals surface area contributed by atoms with Gasteiger partial charge in [0.05, 0.1) is 6.61 Å². The molecule has 0 spiro atoms. The average molecular weight is 301 g/mol. The number of benzene rings is 1. The van der Waals surface area contributed by atoms with E-state index in [0.717, 1.165) is 32.8 Å². The molecule has 1 rings (SSSR count). The predicted molar refractivity (Wildman–Crippen MR) is 75.3 cm³/mol. The number of hydrogen-bond donors (Lipinski definition) is 2. The lowest BCUT2D eigenvalue weighted by atomic mass is 10.1. The Bertz CT molecular complexity index is 331. The van der Waals surface area contributed by atoms with Crippen LogP contribution in [0.1, 0.15) is 11.1 Å². The van der Waals surface area contributed by atoms with Gasteiger partial charge >= 0.3 is 0 Å². The molecule has 0 fully saturated rings. The maximum Gasteiger partial charge on any atom is 0.0587 e. The van der Waals surface area contributed by atoms with Crippen molar-refractivity contribution in [2.24, 2.45) is 0 Å². The lowest BCUT2D eigenvalue weighted by Gasteiger charge is -2.09. The normalized spacial score (nSPS) is 10.8. The molecule has 0 atom stereocenters. The molecule has 0 radical (unpaired) electrons. The van der Waals surface area contributed by atoms with Gasteiger partial charge in [-0.25, -0.2) is 0 Å². The molecule has 17 heavy (non-hydrogen) atoms. The molecule has 2 N–H and O–H groups in total. The molecule has 0 saturated heterocycles. The van der Waals surface area contributed by atoms with Gasteiger partial charge in [-0.1, -0.05) is 28.1 Å². The summed E-state index contributed by atoms with van der Waals surface area (Å²) in [7, 11) is 1.72. The van der Waals surface area contributed by atoms with Crippen molar-refractivity contribution in [1.29, 1.82) is 0 Å². The first-order valence-electron chi connectivity index (χ1n) is 5.90. The largest absolute Gasteiger partial charge is 0.383 e. The Labute approximate surface area is 112 Å². The van der Waals surface area contributed by atoms with Crippen LogP contribution >= 0.6 is 15.9 Å². The molecule has 0 unspecified atom stereocenters. The maximum atomic E-state index is 4.96. The van der Waals surface area contributed by atoms with E-state index in [2.05, 4.69) is 51.7 Å². The first kappa shape index (κ1) is 14.6. The second kappa shape index (κ2) is 8.64. The molecule has 1 aromatic carbocycles. The molecule has 3 nitrogen and oxygen atoms in total. The molecule has 0 bridgehead atoms. The first-order chi connectivity index (χ1) is 8.25. The fraction of sp³-hybridized carbons (Fsp3) is 0.538. The van der Waals surface area contributed by atoms with Crippen LogP contribution in [0.2, 0.25) is 0 Å². The van der Waals surface area contributed by atoms with E-state index in [1.54, 1.807) is 7.11 Å². The van der Waals surface area contributed by atoms with Crippen molar-refractivity contribution >= 4 is 15.9 Å². The molecule has 96 valence electrons. The Morgan fingerprint density at radius 2 is 1.94 bits per heavy atom. The number of methoxy groups -OCH3 is 1. The minimum absolute atomic E-state index is 0.769. The van der Waals surface area contributed by atoms with Gasteiger partial charge in [-0.2, -0.15) is 0 Å². The molecule has 0 heterocycles. The van der Waals surface area contributed by atoms with Gasteiger partial charge < -0.3 is 15.4 Å². The lowest BCUT2D eigenvalue weighted by Crippen LogP contribution is -2.29. The summed E-state index contributed by atoms with van der Waals surface area (Å²) >= 11 is 3.54. The van der Waals surface area contributed by atoms with Crippen molar-refractivity contribution in [1.82, 2.24) is 10.6 Å². The zero-order valence-electron chi connectivity index (χ0n) is 10.6. The highest BCUT2D eigenvalue weighted by Gasteiger charge is 2.00. The van der Waals surface area contributed by atoms with Crippen LogP contribution in [-0.4, -0.2) is 33.4 Å². The van der Waals surface area contributed by atoms with Gasteiger partial charge in [0.25, 0.3) is 0 Å². The highest BCUT2D eigenvalue weighted by Crippen LogP contribution is 2.18. The zero-order chi connectivity index (χ0) is 12.5. The van der Waals surface area contributed by atoms with Crippen LogP contribution in [0, 0.1) is 6.92 Å². The van der Waals surface area contributed by atoms with Crippen molar-refractivity contribution in [3.63, 3.8) is 0 Å². The van der Waals surface area contributed by atoms with Gasteiger partial charge in [0.2, 0.25) is 0 Å². The summed E-state index contributed by atoms with van der Waals surface area (Å²) < 4.78 is 6.13. The third kappa shape index (κ3) is 5.64. The average Bonchev–Trinajstić information content (AvgIpc) is 2.33. The van der Waals surface area contributed by atoms with Crippen LogP contribution in [0.5, 0.6) is 0 Å². The Morgan fingerprint density at radius 3 is 2.71 bits per heavy atom. The smallest absolute Gasteiger partial charge is 0.0587 e. The van der Waals surface area contributed by atoms with E-state index in [4.69, 9.17) is 4.74 Å². The number of rotatable bonds is 8. The number of ether oxygens (including phenoxy) is 1. The zero-order valence-corrected chi connectivity index (χ0v) is 12.1. The quantitative estimate of drug-likeness (QED) is 0.721. The van der Waals surface area contributed by atoms with Crippen molar-refractivity contribution in [2.75, 3.05) is 33.4 Å². The summed E-state index contributed by atoms with van der Waals surface area (Å²) in [5.74, 6) is 0. The van der Waals surface area contributed by atoms with Crippen LogP contribution in [-0.2, 0) is 11.3 Å². The van der Waals surface area contributed by atoms with Crippen molar-refractivity contribution in [2.45, 2.75) is 13.5 Å². The van der Waals surface area contributed by atoms with Crippen LogP contribution in [0.15, 0.2) is 22.7 Å². The number of nitrogens with one attached hydrogen (secondary N) is 2. The van der Waals surface area contributed by atoms with E-state index in [9.17, 15) is 0 Å². The van der Waals surface area contributed by atoms with Crippen LogP contribution in [0.25, 0.3) is 0 Å². The van der Waals surface area contributed by atoms with Crippen LogP contribution in [0.4, 0.5) is 0 Å². The van der Waals surface area contributed by atoms with E-state index in [0.29, 0.717) is 0 Å². The number of halogens is 1. The SMILES string of the molecule is COCCNCCNCc1cccc(Br)c1C. The maximum absolute atomic E-state index is 4.96. The van der Waals surface area contributed by atoms with Crippen LogP contribution in [0.3, 0.4) is 0 Å². The van der Waals surface area contributed by atoms with Crippen molar-refractivity contribution < 1.29 is 4.74 Å². The highest BCUT2D eigenvalue weighted by molar-refractivity contribution is 9.10. The lowest BCUT2D eigenvalue weighted by molar-refractivity contribution is 0.199. The fourth-order valence-corrected chi connectivity index (χ4v) is 1.95. The molecular weight excluding hydrogens is 280 g/mol. The Kier molecular flexibility index (Phi) is 7.44. The minimum Gasteiger partial charge on any atom is -0.383 e. The van der Waals surface area contributed by atoms with E-state index < -0.39 is 0 Å². The molecular formula is C13H21BrN2O. The van der Waals surface area contributed by atoms with E-state index in [1.807, 2.05) is 0 Å². The molecule has 0 aromatic heterocycles. The topological polar surface area (TPSA) is 33.3 Å². The van der Waals surface area contributed by atoms with Gasteiger partial charge in [0, 0.05) is 37.8 Å². The molecule has 0 aliphatic rings. The van der Waals surface area contributed by atoms with Crippen molar-refractivity contribution in [3.05, 3.63) is 33.8 Å². The molecule has 1 aromatic rings. The molecule has 0 saturated carbocycles. The predicted octanol–water partition coefficient (Wildman–Crippen LogP) is 2.08.